The second kappa shape index (κ2) is 8.86. The zero-order chi connectivity index (χ0) is 12.5. The Balaban J connectivity index is 2.30. The maximum absolute atomic E-state index is 5.92. The molecule has 0 amide bonds. The summed E-state index contributed by atoms with van der Waals surface area (Å²) in [7, 11) is 0. The molecule has 0 saturated heterocycles. The second-order valence-electron chi connectivity index (χ2n) is 4.49. The van der Waals surface area contributed by atoms with Crippen LogP contribution in [-0.4, -0.2) is 38.8 Å². The highest BCUT2D eigenvalue weighted by atomic mass is 16.7. The first kappa shape index (κ1) is 14.9. The molecule has 0 bridgehead atoms. The van der Waals surface area contributed by atoms with Gasteiger partial charge >= 0.3 is 0 Å². The van der Waals surface area contributed by atoms with Crippen LogP contribution < -0.4 is 5.73 Å². The lowest BCUT2D eigenvalue weighted by Gasteiger charge is -2.31. The lowest BCUT2D eigenvalue weighted by Crippen LogP contribution is -2.36. The predicted octanol–water partition coefficient (Wildman–Crippen LogP) is 1.92. The van der Waals surface area contributed by atoms with Gasteiger partial charge in [0.05, 0.1) is 12.7 Å². The Kier molecular flexibility index (Phi) is 7.77. The van der Waals surface area contributed by atoms with Crippen molar-refractivity contribution in [1.82, 2.24) is 0 Å². The molecule has 1 aliphatic carbocycles. The topological polar surface area (TPSA) is 53.7 Å². The van der Waals surface area contributed by atoms with Crippen LogP contribution in [0.5, 0.6) is 0 Å². The number of rotatable bonds is 8. The van der Waals surface area contributed by atoms with E-state index in [0.29, 0.717) is 25.7 Å². The van der Waals surface area contributed by atoms with Crippen LogP contribution in [0.2, 0.25) is 0 Å². The van der Waals surface area contributed by atoms with Crippen molar-refractivity contribution in [1.29, 1.82) is 0 Å². The molecule has 17 heavy (non-hydrogen) atoms. The molecule has 1 saturated carbocycles. The van der Waals surface area contributed by atoms with Crippen LogP contribution in [-0.2, 0) is 14.2 Å². The van der Waals surface area contributed by atoms with E-state index in [1.165, 1.54) is 19.3 Å². The molecule has 0 aromatic carbocycles. The number of nitrogens with two attached hydrogens (primary N) is 1. The minimum Gasteiger partial charge on any atom is -0.373 e. The third kappa shape index (κ3) is 5.34. The van der Waals surface area contributed by atoms with E-state index in [0.717, 1.165) is 13.0 Å². The van der Waals surface area contributed by atoms with Crippen LogP contribution in [0, 0.1) is 5.92 Å². The molecule has 1 fully saturated rings. The maximum atomic E-state index is 5.92. The van der Waals surface area contributed by atoms with Gasteiger partial charge in [-0.05, 0) is 39.2 Å². The van der Waals surface area contributed by atoms with Crippen LogP contribution >= 0.6 is 0 Å². The molecule has 102 valence electrons. The second-order valence-corrected chi connectivity index (χ2v) is 4.49. The monoisotopic (exact) mass is 245 g/mol. The third-order valence-electron chi connectivity index (χ3n) is 3.29. The molecule has 2 atom stereocenters. The molecule has 0 spiro atoms. The van der Waals surface area contributed by atoms with Crippen molar-refractivity contribution in [3.8, 4) is 0 Å². The molecule has 4 heteroatoms. The number of ether oxygens (including phenoxy) is 3. The molecule has 2 N–H and O–H groups in total. The zero-order valence-corrected chi connectivity index (χ0v) is 11.2. The highest BCUT2D eigenvalue weighted by Gasteiger charge is 2.25. The van der Waals surface area contributed by atoms with Crippen LogP contribution in [0.15, 0.2) is 0 Å². The average molecular weight is 245 g/mol. The summed E-state index contributed by atoms with van der Waals surface area (Å²) in [5.41, 5.74) is 5.77. The summed E-state index contributed by atoms with van der Waals surface area (Å²) in [6, 6.07) is 0. The van der Waals surface area contributed by atoms with Crippen molar-refractivity contribution in [2.24, 2.45) is 11.7 Å². The Morgan fingerprint density at radius 1 is 1.12 bits per heavy atom. The third-order valence-corrected chi connectivity index (χ3v) is 3.29. The first-order chi connectivity index (χ1) is 8.31. The Labute approximate surface area is 105 Å². The van der Waals surface area contributed by atoms with Gasteiger partial charge in [0.15, 0.2) is 6.29 Å². The Hall–Kier alpha value is -0.160. The van der Waals surface area contributed by atoms with Crippen molar-refractivity contribution in [3.05, 3.63) is 0 Å². The van der Waals surface area contributed by atoms with Crippen LogP contribution in [0.25, 0.3) is 0 Å². The summed E-state index contributed by atoms with van der Waals surface area (Å²) in [6.07, 6.45) is 4.89. The normalized spacial score (nSPS) is 25.4. The van der Waals surface area contributed by atoms with Gasteiger partial charge in [0, 0.05) is 13.2 Å². The average Bonchev–Trinajstić information content (AvgIpc) is 2.37. The first-order valence-electron chi connectivity index (χ1n) is 6.86. The maximum Gasteiger partial charge on any atom is 0.180 e. The van der Waals surface area contributed by atoms with E-state index in [1.54, 1.807) is 0 Å². The van der Waals surface area contributed by atoms with Gasteiger partial charge in [-0.3, -0.25) is 0 Å². The summed E-state index contributed by atoms with van der Waals surface area (Å²) in [6.45, 7) is 6.48. The molecule has 0 aliphatic heterocycles. The molecule has 1 aliphatic rings. The molecule has 1 rings (SSSR count). The van der Waals surface area contributed by atoms with Gasteiger partial charge in [-0.1, -0.05) is 12.8 Å². The van der Waals surface area contributed by atoms with Crippen molar-refractivity contribution < 1.29 is 14.2 Å². The fourth-order valence-corrected chi connectivity index (χ4v) is 2.38. The van der Waals surface area contributed by atoms with E-state index in [1.807, 2.05) is 13.8 Å². The lowest BCUT2D eigenvalue weighted by molar-refractivity contribution is -0.182. The van der Waals surface area contributed by atoms with Crippen LogP contribution in [0.1, 0.15) is 39.5 Å². The van der Waals surface area contributed by atoms with E-state index < -0.39 is 0 Å². The highest BCUT2D eigenvalue weighted by Crippen LogP contribution is 2.26. The lowest BCUT2D eigenvalue weighted by atomic mass is 9.86. The van der Waals surface area contributed by atoms with Crippen LogP contribution in [0.3, 0.4) is 0 Å². The molecule has 2 unspecified atom stereocenters. The van der Waals surface area contributed by atoms with Crippen molar-refractivity contribution >= 4 is 0 Å². The van der Waals surface area contributed by atoms with E-state index in [4.69, 9.17) is 19.9 Å². The summed E-state index contributed by atoms with van der Waals surface area (Å²) < 4.78 is 16.9. The van der Waals surface area contributed by atoms with Crippen LogP contribution in [0.4, 0.5) is 0 Å². The SMILES string of the molecule is CCOC(COC1CCCCC1CN)OCC. The van der Waals surface area contributed by atoms with Gasteiger partial charge in [-0.25, -0.2) is 0 Å². The first-order valence-corrected chi connectivity index (χ1v) is 6.86. The number of hydrogen-bond acceptors (Lipinski definition) is 4. The standard InChI is InChI=1S/C13H27NO3/c1-3-15-13(16-4-2)10-17-12-8-6-5-7-11(12)9-14/h11-13H,3-10,14H2,1-2H3. The molecule has 4 nitrogen and oxygen atoms in total. The number of hydrogen-bond donors (Lipinski definition) is 1. The summed E-state index contributed by atoms with van der Waals surface area (Å²) in [5, 5.41) is 0. The van der Waals surface area contributed by atoms with Gasteiger partial charge in [0.1, 0.15) is 0 Å². The fourth-order valence-electron chi connectivity index (χ4n) is 2.38. The Morgan fingerprint density at radius 2 is 1.76 bits per heavy atom. The van der Waals surface area contributed by atoms with Crippen molar-refractivity contribution in [3.63, 3.8) is 0 Å². The van der Waals surface area contributed by atoms with Gasteiger partial charge < -0.3 is 19.9 Å². The van der Waals surface area contributed by atoms with Gasteiger partial charge in [-0.2, -0.15) is 0 Å². The Bertz CT molecular complexity index is 184. The minimum atomic E-state index is -0.231. The minimum absolute atomic E-state index is 0.231. The van der Waals surface area contributed by atoms with Crippen molar-refractivity contribution in [2.75, 3.05) is 26.4 Å². The molecule has 0 heterocycles. The van der Waals surface area contributed by atoms with E-state index in [9.17, 15) is 0 Å². The van der Waals surface area contributed by atoms with Gasteiger partial charge in [-0.15, -0.1) is 0 Å². The Morgan fingerprint density at radius 3 is 2.35 bits per heavy atom. The van der Waals surface area contributed by atoms with Gasteiger partial charge in [0.2, 0.25) is 0 Å². The zero-order valence-electron chi connectivity index (χ0n) is 11.2. The van der Waals surface area contributed by atoms with Crippen molar-refractivity contribution in [2.45, 2.75) is 51.9 Å². The van der Waals surface area contributed by atoms with Gasteiger partial charge in [0.25, 0.3) is 0 Å². The smallest absolute Gasteiger partial charge is 0.180 e. The summed E-state index contributed by atoms with van der Waals surface area (Å²) in [4.78, 5) is 0. The summed E-state index contributed by atoms with van der Waals surface area (Å²) >= 11 is 0. The predicted molar refractivity (Wildman–Crippen MR) is 67.8 cm³/mol. The van der Waals surface area contributed by atoms with E-state index in [2.05, 4.69) is 0 Å². The summed E-state index contributed by atoms with van der Waals surface area (Å²) in [5.74, 6) is 0.507. The molecule has 0 radical (unpaired) electrons. The largest absolute Gasteiger partial charge is 0.373 e. The highest BCUT2D eigenvalue weighted by molar-refractivity contribution is 4.76. The fraction of sp³-hybridized carbons (Fsp3) is 1.00. The quantitative estimate of drug-likeness (QED) is 0.664. The van der Waals surface area contributed by atoms with E-state index in [-0.39, 0.29) is 12.4 Å². The molecule has 0 aromatic heterocycles. The molecular weight excluding hydrogens is 218 g/mol. The molecule has 0 aromatic rings. The molecular formula is C13H27NO3. The van der Waals surface area contributed by atoms with E-state index >= 15 is 0 Å².